The first-order valence-corrected chi connectivity index (χ1v) is 6.42. The summed E-state index contributed by atoms with van der Waals surface area (Å²) >= 11 is 3.81. The topological polar surface area (TPSA) is 0 Å². The van der Waals surface area contributed by atoms with Crippen LogP contribution >= 0.6 is 15.9 Å². The van der Waals surface area contributed by atoms with E-state index in [-0.39, 0.29) is 0 Å². The molecule has 2 saturated carbocycles. The highest BCUT2D eigenvalue weighted by molar-refractivity contribution is 9.09. The van der Waals surface area contributed by atoms with Crippen LogP contribution in [0, 0.1) is 11.8 Å². The van der Waals surface area contributed by atoms with Crippen LogP contribution in [0.1, 0.15) is 51.4 Å². The highest BCUT2D eigenvalue weighted by Gasteiger charge is 2.29. The van der Waals surface area contributed by atoms with Crippen LogP contribution in [-0.2, 0) is 0 Å². The fraction of sp³-hybridized carbons (Fsp3) is 1.00. The monoisotopic (exact) mass is 230 g/mol. The molecule has 2 rings (SSSR count). The maximum atomic E-state index is 3.81. The lowest BCUT2D eigenvalue weighted by atomic mass is 9.99. The third-order valence-corrected chi connectivity index (χ3v) is 4.66. The van der Waals surface area contributed by atoms with Gasteiger partial charge in [0, 0.05) is 4.83 Å². The zero-order valence-electron chi connectivity index (χ0n) is 7.77. The Bertz CT molecular complexity index is 132. The molecule has 0 aromatic heterocycles. The van der Waals surface area contributed by atoms with Gasteiger partial charge in [-0.3, -0.25) is 0 Å². The van der Waals surface area contributed by atoms with Gasteiger partial charge in [0.1, 0.15) is 0 Å². The molecule has 0 aromatic carbocycles. The molecule has 1 heteroatoms. The molecular weight excluding hydrogens is 212 g/mol. The maximum absolute atomic E-state index is 3.81. The molecule has 0 N–H and O–H groups in total. The number of alkyl halides is 1. The molecule has 2 aliphatic carbocycles. The number of hydrogen-bond donors (Lipinski definition) is 0. The Balaban J connectivity index is 1.60. The van der Waals surface area contributed by atoms with Gasteiger partial charge in [0.25, 0.3) is 0 Å². The van der Waals surface area contributed by atoms with Crippen molar-refractivity contribution in [2.75, 3.05) is 0 Å². The van der Waals surface area contributed by atoms with E-state index in [1.807, 2.05) is 0 Å². The highest BCUT2D eigenvalue weighted by Crippen LogP contribution is 2.40. The Morgan fingerprint density at radius 1 is 1.08 bits per heavy atom. The summed E-state index contributed by atoms with van der Waals surface area (Å²) in [5, 5.41) is 0. The molecule has 1 atom stereocenters. The molecule has 0 radical (unpaired) electrons. The maximum Gasteiger partial charge on any atom is 0.0174 e. The second kappa shape index (κ2) is 4.13. The van der Waals surface area contributed by atoms with Gasteiger partial charge in [-0.2, -0.15) is 0 Å². The van der Waals surface area contributed by atoms with Crippen molar-refractivity contribution in [2.24, 2.45) is 11.8 Å². The summed E-state index contributed by atoms with van der Waals surface area (Å²) in [6.45, 7) is 0. The minimum atomic E-state index is 0.859. The van der Waals surface area contributed by atoms with Gasteiger partial charge in [0.05, 0.1) is 0 Å². The van der Waals surface area contributed by atoms with E-state index in [1.54, 1.807) is 0 Å². The minimum Gasteiger partial charge on any atom is -0.0888 e. The molecule has 70 valence electrons. The third kappa shape index (κ3) is 2.48. The Morgan fingerprint density at radius 3 is 2.33 bits per heavy atom. The first-order valence-electron chi connectivity index (χ1n) is 5.50. The average Bonchev–Trinajstić information content (AvgIpc) is 2.80. The molecular formula is C11H19Br. The SMILES string of the molecule is BrC(CCC1CCCC1)C1CC1. The quantitative estimate of drug-likeness (QED) is 0.638. The van der Waals surface area contributed by atoms with Crippen LogP contribution < -0.4 is 0 Å². The van der Waals surface area contributed by atoms with Crippen molar-refractivity contribution in [3.05, 3.63) is 0 Å². The predicted molar refractivity (Wildman–Crippen MR) is 56.6 cm³/mol. The molecule has 12 heavy (non-hydrogen) atoms. The van der Waals surface area contributed by atoms with Crippen LogP contribution in [0.5, 0.6) is 0 Å². The van der Waals surface area contributed by atoms with E-state index >= 15 is 0 Å². The molecule has 0 heterocycles. The summed E-state index contributed by atoms with van der Waals surface area (Å²) in [6.07, 6.45) is 11.9. The van der Waals surface area contributed by atoms with Crippen LogP contribution in [0.4, 0.5) is 0 Å². The standard InChI is InChI=1S/C11H19Br/c12-11(10-6-7-10)8-5-9-3-1-2-4-9/h9-11H,1-8H2. The van der Waals surface area contributed by atoms with Gasteiger partial charge in [0.15, 0.2) is 0 Å². The van der Waals surface area contributed by atoms with E-state index in [9.17, 15) is 0 Å². The Labute approximate surface area is 84.2 Å². The van der Waals surface area contributed by atoms with E-state index in [1.165, 1.54) is 51.4 Å². The second-order valence-electron chi connectivity index (χ2n) is 4.58. The molecule has 0 spiro atoms. The predicted octanol–water partition coefficient (Wildman–Crippen LogP) is 4.13. The fourth-order valence-electron chi connectivity index (χ4n) is 2.39. The average molecular weight is 231 g/mol. The lowest BCUT2D eigenvalue weighted by Crippen LogP contribution is -2.03. The van der Waals surface area contributed by atoms with Gasteiger partial charge in [-0.1, -0.05) is 41.6 Å². The summed E-state index contributed by atoms with van der Waals surface area (Å²) in [5.41, 5.74) is 0. The van der Waals surface area contributed by atoms with Crippen molar-refractivity contribution < 1.29 is 0 Å². The van der Waals surface area contributed by atoms with Gasteiger partial charge in [-0.25, -0.2) is 0 Å². The second-order valence-corrected chi connectivity index (χ2v) is 5.76. The molecule has 0 nitrogen and oxygen atoms in total. The normalized spacial score (nSPS) is 27.8. The third-order valence-electron chi connectivity index (χ3n) is 3.46. The highest BCUT2D eigenvalue weighted by atomic mass is 79.9. The van der Waals surface area contributed by atoms with Gasteiger partial charge >= 0.3 is 0 Å². The van der Waals surface area contributed by atoms with E-state index in [2.05, 4.69) is 15.9 Å². The van der Waals surface area contributed by atoms with Crippen LogP contribution in [0.3, 0.4) is 0 Å². The smallest absolute Gasteiger partial charge is 0.0174 e. The van der Waals surface area contributed by atoms with Crippen molar-refractivity contribution in [1.29, 1.82) is 0 Å². The first kappa shape index (κ1) is 9.05. The fourth-order valence-corrected chi connectivity index (χ4v) is 3.18. The van der Waals surface area contributed by atoms with Crippen molar-refractivity contribution in [3.8, 4) is 0 Å². The van der Waals surface area contributed by atoms with E-state index in [0.29, 0.717) is 0 Å². The summed E-state index contributed by atoms with van der Waals surface area (Å²) in [5.74, 6) is 2.13. The molecule has 0 bridgehead atoms. The Hall–Kier alpha value is 0.480. The zero-order chi connectivity index (χ0) is 8.39. The minimum absolute atomic E-state index is 0.859. The van der Waals surface area contributed by atoms with Gasteiger partial charge in [-0.15, -0.1) is 0 Å². The molecule has 0 saturated heterocycles. The molecule has 2 fully saturated rings. The number of hydrogen-bond acceptors (Lipinski definition) is 0. The van der Waals surface area contributed by atoms with Crippen LogP contribution in [0.25, 0.3) is 0 Å². The van der Waals surface area contributed by atoms with Crippen LogP contribution in [0.2, 0.25) is 0 Å². The Kier molecular flexibility index (Phi) is 3.11. The van der Waals surface area contributed by atoms with Gasteiger partial charge < -0.3 is 0 Å². The van der Waals surface area contributed by atoms with Crippen molar-refractivity contribution in [2.45, 2.75) is 56.2 Å². The summed E-state index contributed by atoms with van der Waals surface area (Å²) in [6, 6.07) is 0. The summed E-state index contributed by atoms with van der Waals surface area (Å²) in [4.78, 5) is 0.859. The number of halogens is 1. The van der Waals surface area contributed by atoms with E-state index < -0.39 is 0 Å². The van der Waals surface area contributed by atoms with Gasteiger partial charge in [0.2, 0.25) is 0 Å². The lowest BCUT2D eigenvalue weighted by Gasteiger charge is -2.11. The molecule has 0 amide bonds. The van der Waals surface area contributed by atoms with E-state index in [0.717, 1.165) is 16.7 Å². The van der Waals surface area contributed by atoms with Crippen molar-refractivity contribution in [3.63, 3.8) is 0 Å². The van der Waals surface area contributed by atoms with Crippen molar-refractivity contribution >= 4 is 15.9 Å². The largest absolute Gasteiger partial charge is 0.0888 e. The Morgan fingerprint density at radius 2 is 1.75 bits per heavy atom. The molecule has 1 unspecified atom stereocenters. The summed E-state index contributed by atoms with van der Waals surface area (Å²) < 4.78 is 0. The number of rotatable bonds is 4. The summed E-state index contributed by atoms with van der Waals surface area (Å²) in [7, 11) is 0. The van der Waals surface area contributed by atoms with E-state index in [4.69, 9.17) is 0 Å². The van der Waals surface area contributed by atoms with Gasteiger partial charge in [-0.05, 0) is 37.5 Å². The molecule has 0 aliphatic heterocycles. The first-order chi connectivity index (χ1) is 5.86. The molecule has 2 aliphatic rings. The molecule has 0 aromatic rings. The van der Waals surface area contributed by atoms with Crippen LogP contribution in [0.15, 0.2) is 0 Å². The van der Waals surface area contributed by atoms with Crippen molar-refractivity contribution in [1.82, 2.24) is 0 Å². The van der Waals surface area contributed by atoms with Crippen LogP contribution in [-0.4, -0.2) is 4.83 Å². The lowest BCUT2D eigenvalue weighted by molar-refractivity contribution is 0.471. The zero-order valence-corrected chi connectivity index (χ0v) is 9.35.